The average Bonchev–Trinajstić information content (AvgIpc) is 2.03. The molecule has 0 aliphatic carbocycles. The molecule has 0 aliphatic heterocycles. The highest BCUT2D eigenvalue weighted by Gasteiger charge is 2.39. The van der Waals surface area contributed by atoms with Crippen molar-refractivity contribution in [2.24, 2.45) is 5.41 Å². The van der Waals surface area contributed by atoms with Gasteiger partial charge in [-0.05, 0) is 30.0 Å². The highest BCUT2D eigenvalue weighted by molar-refractivity contribution is 5.41. The number of benzene rings is 1. The zero-order valence-corrected chi connectivity index (χ0v) is 9.26. The van der Waals surface area contributed by atoms with Gasteiger partial charge in [0.1, 0.15) is 5.67 Å². The molecule has 1 unspecified atom stereocenters. The van der Waals surface area contributed by atoms with E-state index in [1.807, 2.05) is 20.8 Å². The molecule has 1 rings (SSSR count). The van der Waals surface area contributed by atoms with Gasteiger partial charge in [0, 0.05) is 5.69 Å². The number of rotatable bonds is 1. The zero-order valence-electron chi connectivity index (χ0n) is 9.26. The van der Waals surface area contributed by atoms with Gasteiger partial charge in [0.25, 0.3) is 0 Å². The van der Waals surface area contributed by atoms with Gasteiger partial charge in [-0.3, -0.25) is 0 Å². The molecule has 78 valence electrons. The number of hydrogen-bond acceptors (Lipinski definition) is 1. The molecule has 1 atom stereocenters. The van der Waals surface area contributed by atoms with Crippen LogP contribution in [0.2, 0.25) is 0 Å². The van der Waals surface area contributed by atoms with E-state index in [4.69, 9.17) is 5.73 Å². The highest BCUT2D eigenvalue weighted by atomic mass is 19.1. The summed E-state index contributed by atoms with van der Waals surface area (Å²) in [6.07, 6.45) is 0. The van der Waals surface area contributed by atoms with Gasteiger partial charge in [0.15, 0.2) is 0 Å². The lowest BCUT2D eigenvalue weighted by molar-refractivity contribution is 0.0452. The van der Waals surface area contributed by atoms with E-state index in [-0.39, 0.29) is 0 Å². The molecule has 0 amide bonds. The molecule has 0 spiro atoms. The molecule has 0 fully saturated rings. The summed E-state index contributed by atoms with van der Waals surface area (Å²) in [5.74, 6) is 0. The van der Waals surface area contributed by atoms with E-state index in [1.165, 1.54) is 0 Å². The van der Waals surface area contributed by atoms with Gasteiger partial charge in [0.05, 0.1) is 0 Å². The van der Waals surface area contributed by atoms with Crippen molar-refractivity contribution < 1.29 is 4.39 Å². The van der Waals surface area contributed by atoms with Crippen LogP contribution in [0.4, 0.5) is 10.1 Å². The van der Waals surface area contributed by atoms with Crippen molar-refractivity contribution in [3.05, 3.63) is 29.8 Å². The summed E-state index contributed by atoms with van der Waals surface area (Å²) in [5.41, 5.74) is 5.16. The molecule has 2 N–H and O–H groups in total. The molecular weight excluding hydrogens is 177 g/mol. The van der Waals surface area contributed by atoms with Gasteiger partial charge in [0.2, 0.25) is 0 Å². The second-order valence-electron chi connectivity index (χ2n) is 4.87. The minimum atomic E-state index is -1.33. The van der Waals surface area contributed by atoms with Crippen LogP contribution < -0.4 is 5.73 Å². The number of nitrogen functional groups attached to an aromatic ring is 1. The molecule has 0 aliphatic rings. The van der Waals surface area contributed by atoms with E-state index in [0.29, 0.717) is 11.3 Å². The molecule has 1 aromatic rings. The van der Waals surface area contributed by atoms with Crippen molar-refractivity contribution in [1.82, 2.24) is 0 Å². The second-order valence-corrected chi connectivity index (χ2v) is 4.87. The fraction of sp³-hybridized carbons (Fsp3) is 0.500. The Hall–Kier alpha value is -1.05. The van der Waals surface area contributed by atoms with Crippen LogP contribution in [0.25, 0.3) is 0 Å². The third-order valence-corrected chi connectivity index (χ3v) is 2.86. The lowest BCUT2D eigenvalue weighted by atomic mass is 9.75. The van der Waals surface area contributed by atoms with E-state index in [0.717, 1.165) is 0 Å². The van der Waals surface area contributed by atoms with E-state index in [1.54, 1.807) is 31.2 Å². The first-order valence-corrected chi connectivity index (χ1v) is 4.80. The Bertz CT molecular complexity index is 306. The molecule has 0 heterocycles. The maximum atomic E-state index is 14.4. The predicted molar refractivity (Wildman–Crippen MR) is 58.8 cm³/mol. The van der Waals surface area contributed by atoms with Crippen LogP contribution in [0.15, 0.2) is 24.3 Å². The Morgan fingerprint density at radius 2 is 1.43 bits per heavy atom. The van der Waals surface area contributed by atoms with Crippen molar-refractivity contribution in [3.8, 4) is 0 Å². The molecule has 0 aromatic heterocycles. The Morgan fingerprint density at radius 3 is 1.79 bits per heavy atom. The first-order chi connectivity index (χ1) is 6.25. The Morgan fingerprint density at radius 1 is 1.00 bits per heavy atom. The second kappa shape index (κ2) is 3.26. The summed E-state index contributed by atoms with van der Waals surface area (Å²) in [6.45, 7) is 7.29. The van der Waals surface area contributed by atoms with Crippen molar-refractivity contribution >= 4 is 5.69 Å². The van der Waals surface area contributed by atoms with Gasteiger partial charge in [-0.2, -0.15) is 0 Å². The SMILES string of the molecule is CC(C)(C)C(C)(F)c1ccc(N)cc1. The largest absolute Gasteiger partial charge is 0.399 e. The maximum Gasteiger partial charge on any atom is 0.138 e. The fourth-order valence-electron chi connectivity index (χ4n) is 1.23. The quantitative estimate of drug-likeness (QED) is 0.682. The Kier molecular flexibility index (Phi) is 2.57. The van der Waals surface area contributed by atoms with Gasteiger partial charge >= 0.3 is 0 Å². The minimum Gasteiger partial charge on any atom is -0.399 e. The molecule has 2 heteroatoms. The van der Waals surface area contributed by atoms with Crippen LogP contribution >= 0.6 is 0 Å². The lowest BCUT2D eigenvalue weighted by Gasteiger charge is -2.35. The molecule has 14 heavy (non-hydrogen) atoms. The minimum absolute atomic E-state index is 0.414. The van der Waals surface area contributed by atoms with Crippen molar-refractivity contribution in [2.75, 3.05) is 5.73 Å². The van der Waals surface area contributed by atoms with Gasteiger partial charge < -0.3 is 5.73 Å². The van der Waals surface area contributed by atoms with Crippen LogP contribution in [0.3, 0.4) is 0 Å². The van der Waals surface area contributed by atoms with Crippen LogP contribution in [-0.4, -0.2) is 0 Å². The first kappa shape index (κ1) is 11.0. The fourth-order valence-corrected chi connectivity index (χ4v) is 1.23. The molecule has 0 saturated heterocycles. The molecule has 0 radical (unpaired) electrons. The van der Waals surface area contributed by atoms with Crippen molar-refractivity contribution in [1.29, 1.82) is 0 Å². The van der Waals surface area contributed by atoms with E-state index < -0.39 is 11.1 Å². The topological polar surface area (TPSA) is 26.0 Å². The summed E-state index contributed by atoms with van der Waals surface area (Å²) in [5, 5.41) is 0. The monoisotopic (exact) mass is 195 g/mol. The van der Waals surface area contributed by atoms with Crippen LogP contribution in [0.1, 0.15) is 33.3 Å². The summed E-state index contributed by atoms with van der Waals surface area (Å²) >= 11 is 0. The van der Waals surface area contributed by atoms with Gasteiger partial charge in [-0.15, -0.1) is 0 Å². The summed E-state index contributed by atoms with van der Waals surface area (Å²) in [6, 6.07) is 6.97. The predicted octanol–water partition coefficient (Wildman–Crippen LogP) is 3.50. The average molecular weight is 195 g/mol. The Labute approximate surface area is 85.1 Å². The van der Waals surface area contributed by atoms with Gasteiger partial charge in [-0.25, -0.2) is 4.39 Å². The number of anilines is 1. The molecule has 0 saturated carbocycles. The number of alkyl halides is 1. The van der Waals surface area contributed by atoms with Crippen molar-refractivity contribution in [3.63, 3.8) is 0 Å². The summed E-state index contributed by atoms with van der Waals surface area (Å²) in [4.78, 5) is 0. The normalized spacial score (nSPS) is 16.4. The van der Waals surface area contributed by atoms with Crippen LogP contribution in [-0.2, 0) is 5.67 Å². The first-order valence-electron chi connectivity index (χ1n) is 4.80. The smallest absolute Gasteiger partial charge is 0.138 e. The number of halogens is 1. The summed E-state index contributed by atoms with van der Waals surface area (Å²) < 4.78 is 14.4. The Balaban J connectivity index is 3.10. The van der Waals surface area contributed by atoms with E-state index >= 15 is 0 Å². The standard InChI is InChI=1S/C12H18FN/c1-11(2,3)12(4,13)9-5-7-10(14)8-6-9/h5-8H,14H2,1-4H3. The zero-order chi connectivity index (χ0) is 11.0. The number of hydrogen-bond donors (Lipinski definition) is 1. The third kappa shape index (κ3) is 1.89. The van der Waals surface area contributed by atoms with Crippen molar-refractivity contribution in [2.45, 2.75) is 33.4 Å². The van der Waals surface area contributed by atoms with Crippen LogP contribution in [0, 0.1) is 5.41 Å². The number of nitrogens with two attached hydrogens (primary N) is 1. The maximum absolute atomic E-state index is 14.4. The van der Waals surface area contributed by atoms with Gasteiger partial charge in [-0.1, -0.05) is 32.9 Å². The molecule has 0 bridgehead atoms. The third-order valence-electron chi connectivity index (χ3n) is 2.86. The van der Waals surface area contributed by atoms with E-state index in [2.05, 4.69) is 0 Å². The van der Waals surface area contributed by atoms with Crippen LogP contribution in [0.5, 0.6) is 0 Å². The molecular formula is C12H18FN. The highest BCUT2D eigenvalue weighted by Crippen LogP contribution is 2.42. The van der Waals surface area contributed by atoms with E-state index in [9.17, 15) is 4.39 Å². The molecule has 1 nitrogen and oxygen atoms in total. The lowest BCUT2D eigenvalue weighted by Crippen LogP contribution is -2.32. The summed E-state index contributed by atoms with van der Waals surface area (Å²) in [7, 11) is 0. The molecule has 1 aromatic carbocycles.